The summed E-state index contributed by atoms with van der Waals surface area (Å²) >= 11 is 0. The standard InChI is InChI=1S/C19H15NO2/c1-13(10-19(21)22)14-6-8-15(9-7-14)17-11-16-4-2-3-5-18(16)20-12-17/h2-12H,1H3,(H,21,22)/b13-10+. The topological polar surface area (TPSA) is 50.2 Å². The van der Waals surface area contributed by atoms with Crippen LogP contribution < -0.4 is 0 Å². The highest BCUT2D eigenvalue weighted by Gasteiger charge is 2.03. The average molecular weight is 289 g/mol. The molecular weight excluding hydrogens is 274 g/mol. The van der Waals surface area contributed by atoms with Crippen molar-refractivity contribution in [3.8, 4) is 11.1 Å². The summed E-state index contributed by atoms with van der Waals surface area (Å²) in [6.45, 7) is 1.79. The zero-order valence-electron chi connectivity index (χ0n) is 12.2. The summed E-state index contributed by atoms with van der Waals surface area (Å²) in [5.41, 5.74) is 4.72. The first-order valence-corrected chi connectivity index (χ1v) is 7.00. The number of carboxylic acids is 1. The smallest absolute Gasteiger partial charge is 0.328 e. The van der Waals surface area contributed by atoms with Crippen LogP contribution in [0.1, 0.15) is 12.5 Å². The molecular formula is C19H15NO2. The van der Waals surface area contributed by atoms with Gasteiger partial charge in [0.1, 0.15) is 0 Å². The van der Waals surface area contributed by atoms with Gasteiger partial charge in [0.05, 0.1) is 5.52 Å². The molecule has 3 heteroatoms. The molecule has 0 amide bonds. The molecule has 0 atom stereocenters. The number of rotatable bonds is 3. The Labute approximate surface area is 128 Å². The lowest BCUT2D eigenvalue weighted by Crippen LogP contribution is -1.90. The normalized spacial score (nSPS) is 11.6. The fourth-order valence-corrected chi connectivity index (χ4v) is 2.42. The van der Waals surface area contributed by atoms with Gasteiger partial charge in [-0.2, -0.15) is 0 Å². The van der Waals surface area contributed by atoms with E-state index < -0.39 is 5.97 Å². The molecule has 0 radical (unpaired) electrons. The predicted molar refractivity (Wildman–Crippen MR) is 88.5 cm³/mol. The van der Waals surface area contributed by atoms with Crippen LogP contribution in [0.4, 0.5) is 0 Å². The van der Waals surface area contributed by atoms with E-state index in [1.807, 2.05) is 54.7 Å². The largest absolute Gasteiger partial charge is 0.478 e. The number of fused-ring (bicyclic) bond motifs is 1. The van der Waals surface area contributed by atoms with Gasteiger partial charge in [-0.15, -0.1) is 0 Å². The van der Waals surface area contributed by atoms with Crippen molar-refractivity contribution in [1.82, 2.24) is 4.98 Å². The molecule has 1 aromatic heterocycles. The first-order chi connectivity index (χ1) is 10.6. The molecule has 0 aliphatic rings. The Hall–Kier alpha value is -2.94. The van der Waals surface area contributed by atoms with Gasteiger partial charge in [0.25, 0.3) is 0 Å². The molecule has 0 saturated heterocycles. The average Bonchev–Trinajstić information content (AvgIpc) is 2.54. The fourth-order valence-electron chi connectivity index (χ4n) is 2.42. The van der Waals surface area contributed by atoms with Gasteiger partial charge in [-0.25, -0.2) is 4.79 Å². The molecule has 0 aliphatic carbocycles. The van der Waals surface area contributed by atoms with Crippen molar-refractivity contribution in [3.63, 3.8) is 0 Å². The summed E-state index contributed by atoms with van der Waals surface area (Å²) in [4.78, 5) is 15.2. The van der Waals surface area contributed by atoms with Crippen LogP contribution in [-0.2, 0) is 4.79 Å². The van der Waals surface area contributed by atoms with Crippen molar-refractivity contribution in [2.24, 2.45) is 0 Å². The van der Waals surface area contributed by atoms with Crippen molar-refractivity contribution in [3.05, 3.63) is 72.4 Å². The maximum Gasteiger partial charge on any atom is 0.328 e. The van der Waals surface area contributed by atoms with Gasteiger partial charge in [0.2, 0.25) is 0 Å². The Morgan fingerprint density at radius 3 is 2.50 bits per heavy atom. The van der Waals surface area contributed by atoms with E-state index in [1.54, 1.807) is 6.92 Å². The second-order valence-corrected chi connectivity index (χ2v) is 5.16. The molecule has 0 saturated carbocycles. The summed E-state index contributed by atoms with van der Waals surface area (Å²) in [5, 5.41) is 9.90. The second kappa shape index (κ2) is 5.82. The summed E-state index contributed by atoms with van der Waals surface area (Å²) in [6, 6.07) is 17.9. The molecule has 108 valence electrons. The first kappa shape index (κ1) is 14.0. The number of para-hydroxylation sites is 1. The van der Waals surface area contributed by atoms with E-state index in [2.05, 4.69) is 11.1 Å². The predicted octanol–water partition coefficient (Wildman–Crippen LogP) is 4.39. The third kappa shape index (κ3) is 2.88. The number of carboxylic acid groups (broad SMARTS) is 1. The first-order valence-electron chi connectivity index (χ1n) is 7.00. The monoisotopic (exact) mass is 289 g/mol. The number of pyridine rings is 1. The minimum Gasteiger partial charge on any atom is -0.478 e. The molecule has 0 spiro atoms. The van der Waals surface area contributed by atoms with E-state index in [0.717, 1.165) is 33.2 Å². The van der Waals surface area contributed by atoms with Crippen molar-refractivity contribution < 1.29 is 9.90 Å². The van der Waals surface area contributed by atoms with Crippen molar-refractivity contribution in [2.75, 3.05) is 0 Å². The number of allylic oxidation sites excluding steroid dienone is 1. The van der Waals surface area contributed by atoms with E-state index in [0.29, 0.717) is 0 Å². The quantitative estimate of drug-likeness (QED) is 0.727. The molecule has 0 aliphatic heterocycles. The zero-order chi connectivity index (χ0) is 15.5. The third-order valence-corrected chi connectivity index (χ3v) is 3.60. The Kier molecular flexibility index (Phi) is 3.71. The number of nitrogens with zero attached hydrogens (tertiary/aromatic N) is 1. The van der Waals surface area contributed by atoms with Crippen LogP contribution in [0.5, 0.6) is 0 Å². The summed E-state index contributed by atoms with van der Waals surface area (Å²) in [6.07, 6.45) is 3.07. The van der Waals surface area contributed by atoms with Gasteiger partial charge in [0, 0.05) is 23.2 Å². The van der Waals surface area contributed by atoms with Gasteiger partial charge in [-0.1, -0.05) is 42.5 Å². The summed E-state index contributed by atoms with van der Waals surface area (Å²) in [5.74, 6) is -0.930. The summed E-state index contributed by atoms with van der Waals surface area (Å²) in [7, 11) is 0. The maximum absolute atomic E-state index is 10.7. The molecule has 22 heavy (non-hydrogen) atoms. The minimum absolute atomic E-state index is 0.732. The van der Waals surface area contributed by atoms with Crippen LogP contribution in [0, 0.1) is 0 Å². The highest BCUT2D eigenvalue weighted by Crippen LogP contribution is 2.24. The van der Waals surface area contributed by atoms with Gasteiger partial charge in [-0.05, 0) is 35.8 Å². The lowest BCUT2D eigenvalue weighted by Gasteiger charge is -2.06. The van der Waals surface area contributed by atoms with Gasteiger partial charge < -0.3 is 5.11 Å². The Bertz CT molecular complexity index is 864. The molecule has 0 fully saturated rings. The fraction of sp³-hybridized carbons (Fsp3) is 0.0526. The number of benzene rings is 2. The van der Waals surface area contributed by atoms with E-state index in [-0.39, 0.29) is 0 Å². The van der Waals surface area contributed by atoms with Gasteiger partial charge >= 0.3 is 5.97 Å². The minimum atomic E-state index is -0.930. The lowest BCUT2D eigenvalue weighted by atomic mass is 10.0. The SMILES string of the molecule is C/C(=C\C(=O)O)c1ccc(-c2cnc3ccccc3c2)cc1. The number of aromatic nitrogens is 1. The molecule has 2 aromatic carbocycles. The third-order valence-electron chi connectivity index (χ3n) is 3.60. The highest BCUT2D eigenvalue weighted by atomic mass is 16.4. The highest BCUT2D eigenvalue weighted by molar-refractivity contribution is 5.90. The zero-order valence-corrected chi connectivity index (χ0v) is 12.2. The van der Waals surface area contributed by atoms with Crippen LogP contribution in [-0.4, -0.2) is 16.1 Å². The van der Waals surface area contributed by atoms with Crippen molar-refractivity contribution in [1.29, 1.82) is 0 Å². The number of aliphatic carboxylic acids is 1. The molecule has 3 aromatic rings. The van der Waals surface area contributed by atoms with Crippen molar-refractivity contribution in [2.45, 2.75) is 6.92 Å². The number of hydrogen-bond acceptors (Lipinski definition) is 2. The Morgan fingerprint density at radius 1 is 1.05 bits per heavy atom. The number of hydrogen-bond donors (Lipinski definition) is 1. The lowest BCUT2D eigenvalue weighted by molar-refractivity contribution is -0.131. The van der Waals surface area contributed by atoms with Crippen molar-refractivity contribution >= 4 is 22.4 Å². The molecule has 3 rings (SSSR count). The number of carbonyl (C=O) groups is 1. The molecule has 3 nitrogen and oxygen atoms in total. The van der Waals surface area contributed by atoms with E-state index in [1.165, 1.54) is 6.08 Å². The van der Waals surface area contributed by atoms with Crippen LogP contribution >= 0.6 is 0 Å². The van der Waals surface area contributed by atoms with Crippen LogP contribution in [0.2, 0.25) is 0 Å². The maximum atomic E-state index is 10.7. The Balaban J connectivity index is 1.96. The van der Waals surface area contributed by atoms with E-state index >= 15 is 0 Å². The second-order valence-electron chi connectivity index (χ2n) is 5.16. The van der Waals surface area contributed by atoms with Crippen LogP contribution in [0.3, 0.4) is 0 Å². The van der Waals surface area contributed by atoms with Crippen LogP contribution in [0.15, 0.2) is 66.9 Å². The van der Waals surface area contributed by atoms with E-state index in [4.69, 9.17) is 5.11 Å². The van der Waals surface area contributed by atoms with Gasteiger partial charge in [0.15, 0.2) is 0 Å². The Morgan fingerprint density at radius 2 is 1.77 bits per heavy atom. The molecule has 1 N–H and O–H groups in total. The van der Waals surface area contributed by atoms with Crippen LogP contribution in [0.25, 0.3) is 27.6 Å². The molecule has 0 unspecified atom stereocenters. The van der Waals surface area contributed by atoms with Gasteiger partial charge in [-0.3, -0.25) is 4.98 Å². The molecule has 1 heterocycles. The summed E-state index contributed by atoms with van der Waals surface area (Å²) < 4.78 is 0. The van der Waals surface area contributed by atoms with E-state index in [9.17, 15) is 4.79 Å². The molecule has 0 bridgehead atoms.